The second-order valence-electron chi connectivity index (χ2n) is 5.45. The van der Waals surface area contributed by atoms with Crippen molar-refractivity contribution in [2.45, 2.75) is 13.8 Å². The summed E-state index contributed by atoms with van der Waals surface area (Å²) in [6.07, 6.45) is 2.49. The average Bonchev–Trinajstić information content (AvgIpc) is 2.59. The van der Waals surface area contributed by atoms with Gasteiger partial charge in [-0.1, -0.05) is 23.7 Å². The highest BCUT2D eigenvalue weighted by atomic mass is 35.5. The van der Waals surface area contributed by atoms with Crippen molar-refractivity contribution in [3.63, 3.8) is 0 Å². The van der Waals surface area contributed by atoms with Gasteiger partial charge in [-0.15, -0.1) is 0 Å². The van der Waals surface area contributed by atoms with Crippen molar-refractivity contribution in [2.75, 3.05) is 19.8 Å². The molecule has 0 spiro atoms. The van der Waals surface area contributed by atoms with Gasteiger partial charge in [0.1, 0.15) is 19.0 Å². The number of rotatable bonds is 9. The number of aliphatic carboxylic acids is 1. The van der Waals surface area contributed by atoms with Crippen LogP contribution < -0.4 is 14.2 Å². The quantitative estimate of drug-likeness (QED) is 0.511. The van der Waals surface area contributed by atoms with Gasteiger partial charge >= 0.3 is 5.97 Å². The molecule has 5 nitrogen and oxygen atoms in total. The molecule has 0 unspecified atom stereocenters. The Bertz CT molecular complexity index is 786. The summed E-state index contributed by atoms with van der Waals surface area (Å²) in [5.74, 6) is 0.612. The van der Waals surface area contributed by atoms with Crippen LogP contribution in [0.2, 0.25) is 5.02 Å². The molecule has 0 aliphatic heterocycles. The molecule has 138 valence electrons. The van der Waals surface area contributed by atoms with Crippen LogP contribution in [-0.2, 0) is 4.79 Å². The summed E-state index contributed by atoms with van der Waals surface area (Å²) < 4.78 is 16.9. The van der Waals surface area contributed by atoms with E-state index in [1.54, 1.807) is 12.1 Å². The third-order valence-corrected chi connectivity index (χ3v) is 3.62. The van der Waals surface area contributed by atoms with Gasteiger partial charge in [-0.05, 0) is 55.3 Å². The second kappa shape index (κ2) is 9.73. The van der Waals surface area contributed by atoms with E-state index >= 15 is 0 Å². The first kappa shape index (κ1) is 19.7. The van der Waals surface area contributed by atoms with Crippen LogP contribution in [0.5, 0.6) is 17.2 Å². The molecule has 2 rings (SSSR count). The fourth-order valence-corrected chi connectivity index (χ4v) is 2.54. The molecule has 1 N–H and O–H groups in total. The lowest BCUT2D eigenvalue weighted by Crippen LogP contribution is -2.10. The molecule has 0 aliphatic carbocycles. The second-order valence-corrected chi connectivity index (χ2v) is 5.86. The normalized spacial score (nSPS) is 10.7. The van der Waals surface area contributed by atoms with Gasteiger partial charge in [-0.25, -0.2) is 4.79 Å². The van der Waals surface area contributed by atoms with E-state index in [-0.39, 0.29) is 6.61 Å². The van der Waals surface area contributed by atoms with Crippen LogP contribution in [0.3, 0.4) is 0 Å². The predicted molar refractivity (Wildman–Crippen MR) is 101 cm³/mol. The van der Waals surface area contributed by atoms with Gasteiger partial charge in [0.2, 0.25) is 0 Å². The average molecular weight is 377 g/mol. The van der Waals surface area contributed by atoms with E-state index in [0.717, 1.165) is 17.4 Å². The third-order valence-electron chi connectivity index (χ3n) is 3.34. The Morgan fingerprint density at radius 1 is 1.15 bits per heavy atom. The van der Waals surface area contributed by atoms with Gasteiger partial charge in [-0.2, -0.15) is 0 Å². The van der Waals surface area contributed by atoms with E-state index in [9.17, 15) is 4.79 Å². The smallest absolute Gasteiger partial charge is 0.328 e. The first-order valence-electron chi connectivity index (χ1n) is 8.19. The summed E-state index contributed by atoms with van der Waals surface area (Å²) in [6, 6.07) is 11.1. The molecule has 6 heteroatoms. The van der Waals surface area contributed by atoms with Gasteiger partial charge in [0.15, 0.2) is 11.5 Å². The number of ether oxygens (including phenoxy) is 3. The molecule has 0 atom stereocenters. The van der Waals surface area contributed by atoms with E-state index in [1.807, 2.05) is 38.1 Å². The van der Waals surface area contributed by atoms with Crippen molar-refractivity contribution in [1.29, 1.82) is 0 Å². The van der Waals surface area contributed by atoms with Crippen molar-refractivity contribution in [3.05, 3.63) is 58.6 Å². The number of aryl methyl sites for hydroxylation is 1. The zero-order chi connectivity index (χ0) is 18.9. The Labute approximate surface area is 157 Å². The summed E-state index contributed by atoms with van der Waals surface area (Å²) in [5, 5.41) is 9.08. The van der Waals surface area contributed by atoms with Crippen LogP contribution in [-0.4, -0.2) is 30.9 Å². The zero-order valence-electron chi connectivity index (χ0n) is 14.7. The van der Waals surface area contributed by atoms with E-state index in [2.05, 4.69) is 0 Å². The number of carbonyl (C=O) groups is 1. The lowest BCUT2D eigenvalue weighted by molar-refractivity contribution is -0.131. The van der Waals surface area contributed by atoms with Crippen LogP contribution in [0.4, 0.5) is 0 Å². The highest BCUT2D eigenvalue weighted by Gasteiger charge is 2.12. The van der Waals surface area contributed by atoms with Crippen molar-refractivity contribution in [3.8, 4) is 17.2 Å². The monoisotopic (exact) mass is 376 g/mol. The molecular weight excluding hydrogens is 356 g/mol. The fraction of sp³-hybridized carbons (Fsp3) is 0.250. The van der Waals surface area contributed by atoms with Crippen molar-refractivity contribution < 1.29 is 24.1 Å². The molecule has 0 amide bonds. The van der Waals surface area contributed by atoms with Gasteiger partial charge in [0.05, 0.1) is 11.6 Å². The zero-order valence-corrected chi connectivity index (χ0v) is 15.5. The molecule has 0 aliphatic rings. The molecule has 0 saturated carbocycles. The summed E-state index contributed by atoms with van der Waals surface area (Å²) in [7, 11) is 0. The minimum absolute atomic E-state index is 0.290. The molecule has 26 heavy (non-hydrogen) atoms. The summed E-state index contributed by atoms with van der Waals surface area (Å²) in [4.78, 5) is 10.7. The first-order chi connectivity index (χ1) is 12.5. The number of halogens is 1. The van der Waals surface area contributed by atoms with E-state index in [0.29, 0.717) is 35.3 Å². The van der Waals surface area contributed by atoms with Crippen LogP contribution in [0, 0.1) is 6.92 Å². The van der Waals surface area contributed by atoms with Gasteiger partial charge in [0.25, 0.3) is 0 Å². The van der Waals surface area contributed by atoms with E-state index in [1.165, 1.54) is 6.08 Å². The summed E-state index contributed by atoms with van der Waals surface area (Å²) >= 11 is 6.28. The maximum Gasteiger partial charge on any atom is 0.328 e. The van der Waals surface area contributed by atoms with Gasteiger partial charge in [-0.3, -0.25) is 0 Å². The number of hydrogen-bond acceptors (Lipinski definition) is 4. The highest BCUT2D eigenvalue weighted by molar-refractivity contribution is 6.32. The maximum atomic E-state index is 10.7. The van der Waals surface area contributed by atoms with Gasteiger partial charge in [0, 0.05) is 6.08 Å². The third kappa shape index (κ3) is 6.01. The number of carboxylic acid groups (broad SMARTS) is 1. The molecular formula is C20H21ClO5. The van der Waals surface area contributed by atoms with Crippen LogP contribution in [0.1, 0.15) is 18.1 Å². The van der Waals surface area contributed by atoms with E-state index in [4.69, 9.17) is 30.9 Å². The Balaban J connectivity index is 2.03. The summed E-state index contributed by atoms with van der Waals surface area (Å²) in [5.41, 5.74) is 1.74. The number of hydrogen-bond donors (Lipinski definition) is 1. The molecule has 2 aromatic carbocycles. The number of carboxylic acids is 1. The molecule has 0 saturated heterocycles. The molecule has 0 heterocycles. The molecule has 0 fully saturated rings. The van der Waals surface area contributed by atoms with Crippen molar-refractivity contribution in [1.82, 2.24) is 0 Å². The molecule has 0 bridgehead atoms. The topological polar surface area (TPSA) is 65.0 Å². The SMILES string of the molecule is CCOc1cc(C=CC(=O)O)cc(Cl)c1OCCOc1cccc(C)c1. The van der Waals surface area contributed by atoms with Gasteiger partial charge < -0.3 is 19.3 Å². The van der Waals surface area contributed by atoms with Crippen molar-refractivity contribution in [2.24, 2.45) is 0 Å². The van der Waals surface area contributed by atoms with Crippen LogP contribution in [0.15, 0.2) is 42.5 Å². The summed E-state index contributed by atoms with van der Waals surface area (Å²) in [6.45, 7) is 4.92. The maximum absolute atomic E-state index is 10.7. The Kier molecular flexibility index (Phi) is 7.36. The van der Waals surface area contributed by atoms with E-state index < -0.39 is 5.97 Å². The Morgan fingerprint density at radius 2 is 1.92 bits per heavy atom. The Hall–Kier alpha value is -2.66. The first-order valence-corrected chi connectivity index (χ1v) is 8.57. The molecule has 0 radical (unpaired) electrons. The largest absolute Gasteiger partial charge is 0.490 e. The lowest BCUT2D eigenvalue weighted by atomic mass is 10.2. The van der Waals surface area contributed by atoms with Crippen molar-refractivity contribution >= 4 is 23.6 Å². The number of benzene rings is 2. The van der Waals surface area contributed by atoms with Crippen LogP contribution in [0.25, 0.3) is 6.08 Å². The standard InChI is InChI=1S/C20H21ClO5/c1-3-24-18-13-15(7-8-19(22)23)12-17(21)20(18)26-10-9-25-16-6-4-5-14(2)11-16/h4-8,11-13H,3,9-10H2,1-2H3,(H,22,23). The molecule has 0 aromatic heterocycles. The minimum atomic E-state index is -1.03. The predicted octanol–water partition coefficient (Wildman–Crippen LogP) is 4.60. The molecule has 2 aromatic rings. The Morgan fingerprint density at radius 3 is 2.62 bits per heavy atom. The lowest BCUT2D eigenvalue weighted by Gasteiger charge is -2.15. The minimum Gasteiger partial charge on any atom is -0.490 e. The highest BCUT2D eigenvalue weighted by Crippen LogP contribution is 2.37. The fourth-order valence-electron chi connectivity index (χ4n) is 2.26. The van der Waals surface area contributed by atoms with Crippen LogP contribution >= 0.6 is 11.6 Å².